The quantitative estimate of drug-likeness (QED) is 0.821. The van der Waals surface area contributed by atoms with Gasteiger partial charge in [0.2, 0.25) is 0 Å². The van der Waals surface area contributed by atoms with Crippen LogP contribution in [-0.2, 0) is 0 Å². The fourth-order valence-corrected chi connectivity index (χ4v) is 1.50. The number of hydrogen-bond acceptors (Lipinski definition) is 1. The van der Waals surface area contributed by atoms with Crippen molar-refractivity contribution in [2.24, 2.45) is 0 Å². The Hall–Kier alpha value is -0.500. The molecule has 0 spiro atoms. The smallest absolute Gasteiger partial charge is 0.0698 e. The van der Waals surface area contributed by atoms with Crippen molar-refractivity contribution in [3.8, 4) is 0 Å². The Morgan fingerprint density at radius 2 is 2.00 bits per heavy atom. The van der Waals surface area contributed by atoms with Crippen LogP contribution in [0.1, 0.15) is 19.4 Å². The van der Waals surface area contributed by atoms with E-state index >= 15 is 0 Å². The van der Waals surface area contributed by atoms with Gasteiger partial charge in [-0.2, -0.15) is 0 Å². The largest absolute Gasteiger partial charge is 0.389 e. The lowest BCUT2D eigenvalue weighted by atomic mass is 10.1. The summed E-state index contributed by atoms with van der Waals surface area (Å²) in [4.78, 5) is 0. The fraction of sp³-hybridized carbons (Fsp3) is 0.273. The van der Waals surface area contributed by atoms with Crippen LogP contribution in [0.15, 0.2) is 24.3 Å². The summed E-state index contributed by atoms with van der Waals surface area (Å²) in [5, 5.41) is 10.2. The lowest BCUT2D eigenvalue weighted by Crippen LogP contribution is -1.94. The Morgan fingerprint density at radius 3 is 2.50 bits per heavy atom. The van der Waals surface area contributed by atoms with Crippen LogP contribution in [0.4, 0.5) is 0 Å². The Balaban J connectivity index is 3.03. The van der Waals surface area contributed by atoms with Crippen molar-refractivity contribution in [1.29, 1.82) is 0 Å². The summed E-state index contributed by atoms with van der Waals surface area (Å²) < 4.78 is 0. The third kappa shape index (κ3) is 3.02. The normalized spacial score (nSPS) is 14.2. The first-order valence-corrected chi connectivity index (χ1v) is 5.08. The van der Waals surface area contributed by atoms with Crippen molar-refractivity contribution in [2.75, 3.05) is 0 Å². The van der Waals surface area contributed by atoms with Gasteiger partial charge in [0.1, 0.15) is 0 Å². The van der Waals surface area contributed by atoms with Gasteiger partial charge >= 0.3 is 0 Å². The number of halogens is 2. The van der Waals surface area contributed by atoms with Crippen LogP contribution in [0.2, 0.25) is 10.0 Å². The Morgan fingerprint density at radius 1 is 1.36 bits per heavy atom. The molecule has 1 N–H and O–H groups in total. The summed E-state index contributed by atoms with van der Waals surface area (Å²) in [6.45, 7) is 3.63. The Kier molecular flexibility index (Phi) is 3.99. The second-order valence-electron chi connectivity index (χ2n) is 3.22. The number of rotatable bonds is 2. The molecule has 0 fully saturated rings. The molecule has 1 nitrogen and oxygen atoms in total. The molecular weight excluding hydrogens is 219 g/mol. The summed E-state index contributed by atoms with van der Waals surface area (Å²) in [6.07, 6.45) is 1.31. The van der Waals surface area contributed by atoms with E-state index in [-0.39, 0.29) is 0 Å². The van der Waals surface area contributed by atoms with Gasteiger partial charge in [-0.15, -0.1) is 0 Å². The summed E-state index contributed by atoms with van der Waals surface area (Å²) >= 11 is 11.7. The van der Waals surface area contributed by atoms with Gasteiger partial charge in [0.25, 0.3) is 0 Å². The molecule has 0 saturated carbocycles. The molecule has 1 aromatic carbocycles. The molecule has 76 valence electrons. The molecule has 0 heterocycles. The molecule has 0 aliphatic carbocycles. The summed E-state index contributed by atoms with van der Waals surface area (Å²) in [5.41, 5.74) is 1.96. The van der Waals surface area contributed by atoms with Crippen molar-refractivity contribution in [3.63, 3.8) is 0 Å². The Labute approximate surface area is 94.0 Å². The minimum Gasteiger partial charge on any atom is -0.389 e. The maximum Gasteiger partial charge on any atom is 0.0698 e. The summed E-state index contributed by atoms with van der Waals surface area (Å²) in [6, 6.07) is 5.42. The first-order chi connectivity index (χ1) is 6.50. The van der Waals surface area contributed by atoms with E-state index in [0.717, 1.165) is 11.1 Å². The molecule has 0 amide bonds. The number of aliphatic hydroxyl groups is 1. The predicted octanol–water partition coefficient (Wildman–Crippen LogP) is 3.78. The van der Waals surface area contributed by atoms with Crippen LogP contribution in [-0.4, -0.2) is 11.2 Å². The first kappa shape index (κ1) is 11.6. The van der Waals surface area contributed by atoms with Gasteiger partial charge in [-0.1, -0.05) is 35.3 Å². The van der Waals surface area contributed by atoms with E-state index < -0.39 is 6.10 Å². The molecule has 0 radical (unpaired) electrons. The van der Waals surface area contributed by atoms with Gasteiger partial charge in [-0.3, -0.25) is 0 Å². The molecule has 14 heavy (non-hydrogen) atoms. The van der Waals surface area contributed by atoms with Crippen LogP contribution >= 0.6 is 23.2 Å². The molecule has 1 unspecified atom stereocenters. The lowest BCUT2D eigenvalue weighted by Gasteiger charge is -2.05. The van der Waals surface area contributed by atoms with Crippen molar-refractivity contribution >= 4 is 28.8 Å². The van der Waals surface area contributed by atoms with Crippen LogP contribution < -0.4 is 0 Å². The summed E-state index contributed by atoms with van der Waals surface area (Å²) in [5.74, 6) is 0. The zero-order chi connectivity index (χ0) is 10.7. The van der Waals surface area contributed by atoms with E-state index in [2.05, 4.69) is 0 Å². The number of aliphatic hydroxyl groups excluding tert-OH is 1. The average molecular weight is 231 g/mol. The van der Waals surface area contributed by atoms with Gasteiger partial charge < -0.3 is 5.11 Å². The topological polar surface area (TPSA) is 20.2 Å². The molecule has 0 aromatic heterocycles. The molecule has 1 aromatic rings. The number of benzene rings is 1. The van der Waals surface area contributed by atoms with Crippen molar-refractivity contribution in [2.45, 2.75) is 20.0 Å². The highest BCUT2D eigenvalue weighted by Crippen LogP contribution is 2.26. The summed E-state index contributed by atoms with van der Waals surface area (Å²) in [7, 11) is 0. The van der Waals surface area contributed by atoms with Gasteiger partial charge in [0.15, 0.2) is 0 Å². The zero-order valence-electron chi connectivity index (χ0n) is 8.09. The minimum absolute atomic E-state index is 0.454. The third-order valence-electron chi connectivity index (χ3n) is 1.87. The fourth-order valence-electron chi connectivity index (χ4n) is 1.20. The molecule has 0 aliphatic rings. The standard InChI is InChI=1S/C11H12Cl2O/c1-7(5-8(2)14)9-3-4-10(12)11(13)6-9/h3-6,8,14H,1-2H3/b7-5-. The van der Waals surface area contributed by atoms with Gasteiger partial charge in [-0.25, -0.2) is 0 Å². The molecule has 0 bridgehead atoms. The van der Waals surface area contributed by atoms with Crippen molar-refractivity contribution in [1.82, 2.24) is 0 Å². The Bertz CT molecular complexity index is 356. The van der Waals surface area contributed by atoms with E-state index in [0.29, 0.717) is 10.0 Å². The SMILES string of the molecule is C/C(=C/C(C)O)c1ccc(Cl)c(Cl)c1. The zero-order valence-corrected chi connectivity index (χ0v) is 9.60. The first-order valence-electron chi connectivity index (χ1n) is 4.32. The molecule has 3 heteroatoms. The highest BCUT2D eigenvalue weighted by Gasteiger charge is 2.01. The highest BCUT2D eigenvalue weighted by molar-refractivity contribution is 6.42. The molecular formula is C11H12Cl2O. The van der Waals surface area contributed by atoms with E-state index in [1.165, 1.54) is 0 Å². The average Bonchev–Trinajstić information content (AvgIpc) is 2.08. The molecule has 1 atom stereocenters. The predicted molar refractivity (Wildman–Crippen MR) is 61.8 cm³/mol. The maximum atomic E-state index is 9.17. The van der Waals surface area contributed by atoms with Gasteiger partial charge in [0.05, 0.1) is 16.1 Å². The monoisotopic (exact) mass is 230 g/mol. The van der Waals surface area contributed by atoms with Crippen LogP contribution in [0, 0.1) is 0 Å². The van der Waals surface area contributed by atoms with E-state index in [4.69, 9.17) is 23.2 Å². The second kappa shape index (κ2) is 4.83. The minimum atomic E-state index is -0.454. The molecule has 1 rings (SSSR count). The maximum absolute atomic E-state index is 9.17. The van der Waals surface area contributed by atoms with Crippen LogP contribution in [0.5, 0.6) is 0 Å². The van der Waals surface area contributed by atoms with Crippen molar-refractivity contribution in [3.05, 3.63) is 39.9 Å². The van der Waals surface area contributed by atoms with E-state index in [9.17, 15) is 5.11 Å². The van der Waals surface area contributed by atoms with Crippen molar-refractivity contribution < 1.29 is 5.11 Å². The number of allylic oxidation sites excluding steroid dienone is 1. The lowest BCUT2D eigenvalue weighted by molar-refractivity contribution is 0.244. The van der Waals surface area contributed by atoms with E-state index in [1.807, 2.05) is 13.0 Å². The molecule has 0 saturated heterocycles. The van der Waals surface area contributed by atoms with Crippen LogP contribution in [0.25, 0.3) is 5.57 Å². The van der Waals surface area contributed by atoms with Gasteiger partial charge in [-0.05, 0) is 37.1 Å². The van der Waals surface area contributed by atoms with Gasteiger partial charge in [0, 0.05) is 0 Å². The van der Waals surface area contributed by atoms with E-state index in [1.54, 1.807) is 25.1 Å². The molecule has 0 aliphatic heterocycles. The number of hydrogen-bond donors (Lipinski definition) is 1. The van der Waals surface area contributed by atoms with Crippen LogP contribution in [0.3, 0.4) is 0 Å². The highest BCUT2D eigenvalue weighted by atomic mass is 35.5. The second-order valence-corrected chi connectivity index (χ2v) is 4.03. The third-order valence-corrected chi connectivity index (χ3v) is 2.61.